The maximum Gasteiger partial charge on any atom is 0.211 e. The minimum atomic E-state index is 0. The zero-order valence-corrected chi connectivity index (χ0v) is 10.1. The largest absolute Gasteiger partial charge is 0.461 e. The van der Waals surface area contributed by atoms with Crippen LogP contribution < -0.4 is 5.32 Å². The Morgan fingerprint density at radius 1 is 1.69 bits per heavy atom. The van der Waals surface area contributed by atoms with Crippen molar-refractivity contribution in [2.45, 2.75) is 13.0 Å². The highest BCUT2D eigenvalue weighted by Gasteiger charge is 2.21. The van der Waals surface area contributed by atoms with Crippen LogP contribution in [0, 0.1) is 0 Å². The topological polar surface area (TPSA) is 45.5 Å². The van der Waals surface area contributed by atoms with Crippen molar-refractivity contribution < 1.29 is 9.21 Å². The van der Waals surface area contributed by atoms with Crippen molar-refractivity contribution in [1.82, 2.24) is 10.2 Å². The van der Waals surface area contributed by atoms with Gasteiger partial charge in [0.1, 0.15) is 0 Å². The highest BCUT2D eigenvalue weighted by atomic mass is 35.5. The fourth-order valence-electron chi connectivity index (χ4n) is 1.82. The predicted octanol–water partition coefficient (Wildman–Crippen LogP) is 1.18. The molecule has 1 fully saturated rings. The van der Waals surface area contributed by atoms with Crippen LogP contribution in [-0.2, 0) is 0 Å². The van der Waals surface area contributed by atoms with E-state index in [0.717, 1.165) is 19.6 Å². The number of nitrogens with zero attached hydrogens (tertiary/aromatic N) is 1. The van der Waals surface area contributed by atoms with E-state index in [1.54, 1.807) is 12.1 Å². The van der Waals surface area contributed by atoms with Crippen LogP contribution in [0.2, 0.25) is 0 Å². The zero-order valence-electron chi connectivity index (χ0n) is 9.31. The lowest BCUT2D eigenvalue weighted by Crippen LogP contribution is -2.51. The van der Waals surface area contributed by atoms with E-state index in [2.05, 4.69) is 17.1 Å². The van der Waals surface area contributed by atoms with Crippen molar-refractivity contribution in [2.75, 3.05) is 26.2 Å². The van der Waals surface area contributed by atoms with Crippen molar-refractivity contribution in [3.8, 4) is 0 Å². The molecule has 4 nitrogen and oxygen atoms in total. The molecule has 5 heteroatoms. The monoisotopic (exact) mass is 244 g/mol. The molecule has 1 unspecified atom stereocenters. The van der Waals surface area contributed by atoms with Crippen molar-refractivity contribution >= 4 is 18.2 Å². The van der Waals surface area contributed by atoms with E-state index in [1.807, 2.05) is 0 Å². The molecule has 0 saturated carbocycles. The summed E-state index contributed by atoms with van der Waals surface area (Å²) in [7, 11) is 0. The molecule has 0 radical (unpaired) electrons. The molecule has 1 atom stereocenters. The maximum absolute atomic E-state index is 11.8. The first-order valence-corrected chi connectivity index (χ1v) is 5.29. The second-order valence-electron chi connectivity index (χ2n) is 3.92. The molecule has 1 saturated heterocycles. The Morgan fingerprint density at radius 3 is 3.12 bits per heavy atom. The first-order chi connectivity index (χ1) is 7.27. The van der Waals surface area contributed by atoms with Gasteiger partial charge in [-0.05, 0) is 19.1 Å². The Morgan fingerprint density at radius 2 is 2.50 bits per heavy atom. The molecule has 0 aliphatic carbocycles. The Labute approximate surface area is 101 Å². The van der Waals surface area contributed by atoms with Gasteiger partial charge in [-0.1, -0.05) is 0 Å². The number of Topliss-reactive ketones (excluding diaryl/α,β-unsaturated/α-hetero) is 1. The van der Waals surface area contributed by atoms with Crippen LogP contribution in [-0.4, -0.2) is 42.9 Å². The average molecular weight is 245 g/mol. The van der Waals surface area contributed by atoms with Gasteiger partial charge in [0.05, 0.1) is 12.8 Å². The lowest BCUT2D eigenvalue weighted by molar-refractivity contribution is 0.0848. The van der Waals surface area contributed by atoms with E-state index >= 15 is 0 Å². The van der Waals surface area contributed by atoms with Gasteiger partial charge in [0.15, 0.2) is 5.76 Å². The summed E-state index contributed by atoms with van der Waals surface area (Å²) in [4.78, 5) is 13.9. The Hall–Kier alpha value is -0.840. The van der Waals surface area contributed by atoms with Crippen LogP contribution in [0.4, 0.5) is 0 Å². The van der Waals surface area contributed by atoms with Gasteiger partial charge in [-0.25, -0.2) is 0 Å². The quantitative estimate of drug-likeness (QED) is 0.811. The number of hydrogen-bond acceptors (Lipinski definition) is 4. The van der Waals surface area contributed by atoms with Gasteiger partial charge in [0.2, 0.25) is 5.78 Å². The minimum Gasteiger partial charge on any atom is -0.461 e. The molecule has 1 aromatic heterocycles. The highest BCUT2D eigenvalue weighted by molar-refractivity contribution is 5.95. The third-order valence-electron chi connectivity index (χ3n) is 2.78. The van der Waals surface area contributed by atoms with Gasteiger partial charge in [-0.2, -0.15) is 0 Å². The van der Waals surface area contributed by atoms with E-state index in [4.69, 9.17) is 4.42 Å². The molecule has 2 rings (SSSR count). The van der Waals surface area contributed by atoms with E-state index in [0.29, 0.717) is 18.3 Å². The molecule has 0 bridgehead atoms. The first kappa shape index (κ1) is 13.2. The SMILES string of the molecule is CC1CNCCN1CC(=O)c1ccco1.Cl. The standard InChI is InChI=1S/C11H16N2O2.ClH/c1-9-7-12-4-5-13(9)8-10(14)11-3-2-6-15-11;/h2-3,6,9,12H,4-5,7-8H2,1H3;1H. The molecule has 0 spiro atoms. The van der Waals surface area contributed by atoms with Crippen LogP contribution in [0.3, 0.4) is 0 Å². The first-order valence-electron chi connectivity index (χ1n) is 5.29. The summed E-state index contributed by atoms with van der Waals surface area (Å²) in [5.74, 6) is 0.523. The van der Waals surface area contributed by atoms with Gasteiger partial charge < -0.3 is 9.73 Å². The highest BCUT2D eigenvalue weighted by Crippen LogP contribution is 2.07. The van der Waals surface area contributed by atoms with Gasteiger partial charge >= 0.3 is 0 Å². The lowest BCUT2D eigenvalue weighted by atomic mass is 10.2. The fourth-order valence-corrected chi connectivity index (χ4v) is 1.82. The summed E-state index contributed by atoms with van der Waals surface area (Å²) in [6.45, 7) is 5.41. The number of halogens is 1. The second-order valence-corrected chi connectivity index (χ2v) is 3.92. The third-order valence-corrected chi connectivity index (χ3v) is 2.78. The molecule has 2 heterocycles. The molecule has 16 heavy (non-hydrogen) atoms. The minimum absolute atomic E-state index is 0. The number of nitrogens with one attached hydrogen (secondary N) is 1. The molecular formula is C11H17ClN2O2. The van der Waals surface area contributed by atoms with E-state index in [-0.39, 0.29) is 18.2 Å². The Kier molecular flexibility index (Phi) is 4.99. The normalized spacial score (nSPS) is 21.4. The van der Waals surface area contributed by atoms with Gasteiger partial charge in [-0.15, -0.1) is 12.4 Å². The predicted molar refractivity (Wildman–Crippen MR) is 64.2 cm³/mol. The average Bonchev–Trinajstić information content (AvgIpc) is 2.74. The molecule has 90 valence electrons. The van der Waals surface area contributed by atoms with E-state index < -0.39 is 0 Å². The number of ketones is 1. The van der Waals surface area contributed by atoms with E-state index in [9.17, 15) is 4.79 Å². The summed E-state index contributed by atoms with van der Waals surface area (Å²) >= 11 is 0. The fraction of sp³-hybridized carbons (Fsp3) is 0.545. The maximum atomic E-state index is 11.8. The van der Waals surface area contributed by atoms with Gasteiger partial charge in [0, 0.05) is 25.7 Å². The summed E-state index contributed by atoms with van der Waals surface area (Å²) < 4.78 is 5.08. The summed E-state index contributed by atoms with van der Waals surface area (Å²) in [6.07, 6.45) is 1.54. The smallest absolute Gasteiger partial charge is 0.211 e. The van der Waals surface area contributed by atoms with Crippen molar-refractivity contribution in [3.63, 3.8) is 0 Å². The van der Waals surface area contributed by atoms with Crippen molar-refractivity contribution in [2.24, 2.45) is 0 Å². The molecule has 0 aromatic carbocycles. The second kappa shape index (κ2) is 6.03. The zero-order chi connectivity index (χ0) is 10.7. The third kappa shape index (κ3) is 3.07. The molecular weight excluding hydrogens is 228 g/mol. The molecule has 1 N–H and O–H groups in total. The van der Waals surface area contributed by atoms with Crippen molar-refractivity contribution in [1.29, 1.82) is 0 Å². The van der Waals surface area contributed by atoms with Crippen LogP contribution >= 0.6 is 12.4 Å². The molecule has 1 aliphatic rings. The summed E-state index contributed by atoms with van der Waals surface area (Å²) in [6, 6.07) is 3.88. The van der Waals surface area contributed by atoms with Gasteiger partial charge in [0.25, 0.3) is 0 Å². The number of carbonyl (C=O) groups excluding carboxylic acids is 1. The molecule has 1 aliphatic heterocycles. The molecule has 0 amide bonds. The summed E-state index contributed by atoms with van der Waals surface area (Å²) in [5.41, 5.74) is 0. The summed E-state index contributed by atoms with van der Waals surface area (Å²) in [5, 5.41) is 3.30. The van der Waals surface area contributed by atoms with Gasteiger partial charge in [-0.3, -0.25) is 9.69 Å². The van der Waals surface area contributed by atoms with Crippen LogP contribution in [0.1, 0.15) is 17.5 Å². The van der Waals surface area contributed by atoms with E-state index in [1.165, 1.54) is 6.26 Å². The number of rotatable bonds is 3. The number of hydrogen-bond donors (Lipinski definition) is 1. The molecule has 1 aromatic rings. The number of piperazine rings is 1. The number of carbonyl (C=O) groups is 1. The Balaban J connectivity index is 0.00000128. The Bertz CT molecular complexity index is 327. The number of furan rings is 1. The van der Waals surface area contributed by atoms with Crippen LogP contribution in [0.15, 0.2) is 22.8 Å². The van der Waals surface area contributed by atoms with Crippen LogP contribution in [0.5, 0.6) is 0 Å². The lowest BCUT2D eigenvalue weighted by Gasteiger charge is -2.32. The van der Waals surface area contributed by atoms with Crippen LogP contribution in [0.25, 0.3) is 0 Å². The van der Waals surface area contributed by atoms with Crippen molar-refractivity contribution in [3.05, 3.63) is 24.2 Å².